The molecule has 4 aromatic rings. The zero-order valence-electron chi connectivity index (χ0n) is 20.5. The van der Waals surface area contributed by atoms with Gasteiger partial charge in [-0.25, -0.2) is 9.78 Å². The van der Waals surface area contributed by atoms with Crippen molar-refractivity contribution in [2.24, 2.45) is 5.73 Å². The van der Waals surface area contributed by atoms with Gasteiger partial charge in [-0.2, -0.15) is 0 Å². The number of aromatic nitrogens is 3. The molecule has 9 heteroatoms. The SMILES string of the molecule is CCn1c(-c2nc3cc(C(=O)N4CCCC(NC(=O)O)C4)ccc3n2CCCN)cc2ccccc21. The van der Waals surface area contributed by atoms with Gasteiger partial charge in [-0.05, 0) is 63.1 Å². The number of nitrogens with two attached hydrogens (primary N) is 1. The predicted molar refractivity (Wildman–Crippen MR) is 140 cm³/mol. The van der Waals surface area contributed by atoms with E-state index in [2.05, 4.69) is 39.6 Å². The van der Waals surface area contributed by atoms with Crippen LogP contribution in [-0.4, -0.2) is 61.8 Å². The van der Waals surface area contributed by atoms with E-state index in [0.29, 0.717) is 25.2 Å². The number of carbonyl (C=O) groups is 2. The fraction of sp³-hybridized carbons (Fsp3) is 0.370. The summed E-state index contributed by atoms with van der Waals surface area (Å²) in [6.45, 7) is 5.23. The highest BCUT2D eigenvalue weighted by Crippen LogP contribution is 2.31. The number of likely N-dealkylation sites (tertiary alicyclic amines) is 1. The molecule has 1 fully saturated rings. The number of hydrogen-bond donors (Lipinski definition) is 3. The Morgan fingerprint density at radius 1 is 1.14 bits per heavy atom. The molecule has 0 aliphatic carbocycles. The lowest BCUT2D eigenvalue weighted by Gasteiger charge is -2.32. The Balaban J connectivity index is 1.54. The Bertz CT molecular complexity index is 1420. The minimum Gasteiger partial charge on any atom is -0.465 e. The molecule has 0 radical (unpaired) electrons. The van der Waals surface area contributed by atoms with Gasteiger partial charge in [0, 0.05) is 48.7 Å². The molecule has 0 spiro atoms. The highest BCUT2D eigenvalue weighted by atomic mass is 16.4. The van der Waals surface area contributed by atoms with Crippen molar-refractivity contribution >= 4 is 33.9 Å². The predicted octanol–water partition coefficient (Wildman–Crippen LogP) is 3.90. The first-order valence-electron chi connectivity index (χ1n) is 12.6. The molecular weight excluding hydrogens is 456 g/mol. The fourth-order valence-electron chi connectivity index (χ4n) is 5.31. The summed E-state index contributed by atoms with van der Waals surface area (Å²) in [5.74, 6) is 0.763. The van der Waals surface area contributed by atoms with E-state index < -0.39 is 6.09 Å². The maximum absolute atomic E-state index is 13.3. The molecular formula is C27H32N6O3. The molecule has 5 rings (SSSR count). The number of nitrogens with zero attached hydrogens (tertiary/aromatic N) is 4. The average molecular weight is 489 g/mol. The van der Waals surface area contributed by atoms with Crippen LogP contribution in [0.5, 0.6) is 0 Å². The first-order chi connectivity index (χ1) is 17.5. The lowest BCUT2D eigenvalue weighted by molar-refractivity contribution is 0.0692. The molecule has 1 aliphatic heterocycles. The van der Waals surface area contributed by atoms with Crippen LogP contribution in [0.25, 0.3) is 33.5 Å². The van der Waals surface area contributed by atoms with Crippen LogP contribution in [0.1, 0.15) is 36.5 Å². The van der Waals surface area contributed by atoms with Gasteiger partial charge in [0.15, 0.2) is 5.82 Å². The van der Waals surface area contributed by atoms with Gasteiger partial charge in [0.05, 0.1) is 16.7 Å². The second-order valence-corrected chi connectivity index (χ2v) is 9.31. The number of carboxylic acid groups (broad SMARTS) is 1. The Kier molecular flexibility index (Phi) is 6.65. The number of nitrogens with one attached hydrogen (secondary N) is 1. The van der Waals surface area contributed by atoms with Crippen LogP contribution < -0.4 is 11.1 Å². The Labute approximate surface area is 209 Å². The van der Waals surface area contributed by atoms with E-state index >= 15 is 0 Å². The van der Waals surface area contributed by atoms with Crippen molar-refractivity contribution in [3.8, 4) is 11.5 Å². The summed E-state index contributed by atoms with van der Waals surface area (Å²) in [6.07, 6.45) is 1.25. The van der Waals surface area contributed by atoms with E-state index in [4.69, 9.17) is 15.8 Å². The summed E-state index contributed by atoms with van der Waals surface area (Å²) in [7, 11) is 0. The largest absolute Gasteiger partial charge is 0.465 e. The highest BCUT2D eigenvalue weighted by molar-refractivity contribution is 5.98. The van der Waals surface area contributed by atoms with Gasteiger partial charge in [-0.3, -0.25) is 4.79 Å². The van der Waals surface area contributed by atoms with Crippen LogP contribution in [-0.2, 0) is 13.1 Å². The number of imidazole rings is 1. The van der Waals surface area contributed by atoms with Gasteiger partial charge in [0.2, 0.25) is 0 Å². The quantitative estimate of drug-likeness (QED) is 0.365. The lowest BCUT2D eigenvalue weighted by Crippen LogP contribution is -2.49. The summed E-state index contributed by atoms with van der Waals surface area (Å²) < 4.78 is 4.47. The number of amides is 2. The molecule has 9 nitrogen and oxygen atoms in total. The van der Waals surface area contributed by atoms with E-state index in [1.165, 1.54) is 0 Å². The zero-order valence-corrected chi connectivity index (χ0v) is 20.5. The number of para-hydroxylation sites is 1. The molecule has 1 atom stereocenters. The molecule has 0 saturated carbocycles. The first-order valence-corrected chi connectivity index (χ1v) is 12.6. The third-order valence-electron chi connectivity index (χ3n) is 6.97. The van der Waals surface area contributed by atoms with Crippen LogP contribution in [0.15, 0.2) is 48.5 Å². The first kappa shape index (κ1) is 23.9. The van der Waals surface area contributed by atoms with Crippen LogP contribution in [0.3, 0.4) is 0 Å². The van der Waals surface area contributed by atoms with Crippen molar-refractivity contribution in [3.63, 3.8) is 0 Å². The molecule has 2 aromatic carbocycles. The molecule has 1 unspecified atom stereocenters. The number of hydrogen-bond acceptors (Lipinski definition) is 4. The van der Waals surface area contributed by atoms with Crippen molar-refractivity contribution in [2.75, 3.05) is 19.6 Å². The van der Waals surface area contributed by atoms with E-state index in [1.54, 1.807) is 4.90 Å². The van der Waals surface area contributed by atoms with E-state index in [9.17, 15) is 9.59 Å². The molecule has 1 saturated heterocycles. The smallest absolute Gasteiger partial charge is 0.404 e. The standard InChI is InChI=1S/C27H32N6O3/c1-2-32-22-9-4-3-7-18(22)16-24(32)25-30-21-15-19(10-11-23(21)33(25)14-6-12-28)26(34)31-13-5-8-20(17-31)29-27(35)36/h3-4,7,9-11,15-16,20,29H,2,5-6,8,12-14,17,28H2,1H3,(H,35,36). The summed E-state index contributed by atoms with van der Waals surface area (Å²) >= 11 is 0. The molecule has 188 valence electrons. The van der Waals surface area contributed by atoms with E-state index in [0.717, 1.165) is 65.8 Å². The summed E-state index contributed by atoms with van der Waals surface area (Å²) in [4.78, 5) is 31.1. The van der Waals surface area contributed by atoms with Gasteiger partial charge in [-0.15, -0.1) is 0 Å². The molecule has 2 aromatic heterocycles. The minimum atomic E-state index is -1.06. The van der Waals surface area contributed by atoms with Gasteiger partial charge in [-0.1, -0.05) is 18.2 Å². The maximum Gasteiger partial charge on any atom is 0.404 e. The average Bonchev–Trinajstić information content (AvgIpc) is 3.44. The molecule has 1 aliphatic rings. The number of aryl methyl sites for hydroxylation is 2. The summed E-state index contributed by atoms with van der Waals surface area (Å²) in [5.41, 5.74) is 10.3. The topological polar surface area (TPSA) is 118 Å². The van der Waals surface area contributed by atoms with Crippen molar-refractivity contribution in [2.45, 2.75) is 45.3 Å². The van der Waals surface area contributed by atoms with Gasteiger partial charge >= 0.3 is 6.09 Å². The maximum atomic E-state index is 13.3. The summed E-state index contributed by atoms with van der Waals surface area (Å²) in [6, 6.07) is 15.9. The highest BCUT2D eigenvalue weighted by Gasteiger charge is 2.26. The number of benzene rings is 2. The van der Waals surface area contributed by atoms with Crippen LogP contribution in [0, 0.1) is 0 Å². The third kappa shape index (κ3) is 4.42. The van der Waals surface area contributed by atoms with Crippen LogP contribution >= 0.6 is 0 Å². The normalized spacial score (nSPS) is 16.1. The van der Waals surface area contributed by atoms with Gasteiger partial charge in [0.25, 0.3) is 5.91 Å². The van der Waals surface area contributed by atoms with E-state index in [-0.39, 0.29) is 11.9 Å². The second kappa shape index (κ2) is 10.0. The third-order valence-corrected chi connectivity index (χ3v) is 6.97. The van der Waals surface area contributed by atoms with Crippen molar-refractivity contribution in [1.82, 2.24) is 24.3 Å². The number of carbonyl (C=O) groups excluding carboxylic acids is 1. The van der Waals surface area contributed by atoms with Gasteiger partial charge < -0.3 is 30.2 Å². The second-order valence-electron chi connectivity index (χ2n) is 9.31. The molecule has 4 N–H and O–H groups in total. The van der Waals surface area contributed by atoms with Crippen molar-refractivity contribution < 1.29 is 14.7 Å². The number of rotatable bonds is 7. The van der Waals surface area contributed by atoms with Gasteiger partial charge in [0.1, 0.15) is 0 Å². The Morgan fingerprint density at radius 3 is 2.75 bits per heavy atom. The minimum absolute atomic E-state index is 0.102. The Hall–Kier alpha value is -3.85. The molecule has 2 amide bonds. The molecule has 3 heterocycles. The fourth-order valence-corrected chi connectivity index (χ4v) is 5.31. The van der Waals surface area contributed by atoms with Crippen molar-refractivity contribution in [1.29, 1.82) is 0 Å². The zero-order chi connectivity index (χ0) is 25.2. The molecule has 0 bridgehead atoms. The monoisotopic (exact) mass is 488 g/mol. The van der Waals surface area contributed by atoms with Crippen LogP contribution in [0.2, 0.25) is 0 Å². The Morgan fingerprint density at radius 2 is 1.97 bits per heavy atom. The van der Waals surface area contributed by atoms with Crippen molar-refractivity contribution in [3.05, 3.63) is 54.1 Å². The number of piperidine rings is 1. The number of fused-ring (bicyclic) bond motifs is 2. The van der Waals surface area contributed by atoms with E-state index in [1.807, 2.05) is 30.3 Å². The summed E-state index contributed by atoms with van der Waals surface area (Å²) in [5, 5.41) is 12.7. The lowest BCUT2D eigenvalue weighted by atomic mass is 10.0. The molecule has 36 heavy (non-hydrogen) atoms. The van der Waals surface area contributed by atoms with Crippen LogP contribution in [0.4, 0.5) is 4.79 Å².